The molecule has 0 spiro atoms. The molecule has 0 bridgehead atoms. The summed E-state index contributed by atoms with van der Waals surface area (Å²) in [6, 6.07) is 5.42. The number of aryl methyl sites for hydroxylation is 1. The van der Waals surface area contributed by atoms with Crippen molar-refractivity contribution < 1.29 is 4.42 Å². The molecule has 1 nitrogen and oxygen atoms in total. The Morgan fingerprint density at radius 3 is 2.67 bits per heavy atom. The van der Waals surface area contributed by atoms with Gasteiger partial charge in [0, 0.05) is 10.4 Å². The van der Waals surface area contributed by atoms with Crippen molar-refractivity contribution in [1.29, 1.82) is 0 Å². The Kier molecular flexibility index (Phi) is 1.78. The predicted octanol–water partition coefficient (Wildman–Crippen LogP) is 4.05. The number of furan rings is 1. The number of rotatable bonds is 0. The van der Waals surface area contributed by atoms with E-state index in [1.165, 1.54) is 0 Å². The van der Waals surface area contributed by atoms with Crippen LogP contribution in [0.25, 0.3) is 11.0 Å². The molecule has 0 aliphatic rings. The van der Waals surface area contributed by atoms with Crippen LogP contribution in [0.1, 0.15) is 5.76 Å². The van der Waals surface area contributed by atoms with E-state index in [1.54, 1.807) is 6.07 Å². The standard InChI is InChI=1S/C9H6Cl2O/c1-5-2-6-3-7(10)4-8(11)9(6)12-5/h2-4H,1H3. The van der Waals surface area contributed by atoms with E-state index in [-0.39, 0.29) is 0 Å². The van der Waals surface area contributed by atoms with Crippen LogP contribution in [0.4, 0.5) is 0 Å². The Labute approximate surface area is 79.9 Å². The van der Waals surface area contributed by atoms with Gasteiger partial charge in [-0.15, -0.1) is 0 Å². The number of hydrogen-bond donors (Lipinski definition) is 0. The molecule has 1 heterocycles. The molecule has 0 amide bonds. The number of benzene rings is 1. The SMILES string of the molecule is Cc1cc2cc(Cl)cc(Cl)c2o1. The van der Waals surface area contributed by atoms with Gasteiger partial charge < -0.3 is 4.42 Å². The van der Waals surface area contributed by atoms with Gasteiger partial charge in [0.2, 0.25) is 0 Å². The average Bonchev–Trinajstić information content (AvgIpc) is 2.29. The van der Waals surface area contributed by atoms with E-state index in [1.807, 2.05) is 19.1 Å². The summed E-state index contributed by atoms with van der Waals surface area (Å²) in [5.41, 5.74) is 0.707. The van der Waals surface area contributed by atoms with Gasteiger partial charge in [0.15, 0.2) is 5.58 Å². The maximum absolute atomic E-state index is 5.90. The predicted molar refractivity (Wildman–Crippen MR) is 51.0 cm³/mol. The lowest BCUT2D eigenvalue weighted by Gasteiger charge is -1.92. The van der Waals surface area contributed by atoms with Crippen molar-refractivity contribution >= 4 is 34.2 Å². The second kappa shape index (κ2) is 2.68. The topological polar surface area (TPSA) is 13.1 Å². The highest BCUT2D eigenvalue weighted by Gasteiger charge is 2.05. The summed E-state index contributed by atoms with van der Waals surface area (Å²) in [7, 11) is 0. The Balaban J connectivity index is 2.88. The van der Waals surface area contributed by atoms with Crippen molar-refractivity contribution in [3.8, 4) is 0 Å². The molecular formula is C9H6Cl2O. The fourth-order valence-corrected chi connectivity index (χ4v) is 1.75. The summed E-state index contributed by atoms with van der Waals surface area (Å²) in [5.74, 6) is 0.842. The highest BCUT2D eigenvalue weighted by molar-refractivity contribution is 6.38. The minimum atomic E-state index is 0.561. The summed E-state index contributed by atoms with van der Waals surface area (Å²) >= 11 is 11.7. The molecule has 2 aromatic rings. The number of halogens is 2. The molecule has 0 saturated heterocycles. The third-order valence-electron chi connectivity index (χ3n) is 1.66. The lowest BCUT2D eigenvalue weighted by atomic mass is 10.2. The molecule has 0 N–H and O–H groups in total. The molecule has 0 saturated carbocycles. The van der Waals surface area contributed by atoms with Crippen LogP contribution in [-0.4, -0.2) is 0 Å². The van der Waals surface area contributed by atoms with Gasteiger partial charge in [0.25, 0.3) is 0 Å². The van der Waals surface area contributed by atoms with E-state index in [2.05, 4.69) is 0 Å². The summed E-state index contributed by atoms with van der Waals surface area (Å²) in [4.78, 5) is 0. The van der Waals surface area contributed by atoms with Crippen molar-refractivity contribution in [3.63, 3.8) is 0 Å². The van der Waals surface area contributed by atoms with E-state index in [9.17, 15) is 0 Å². The first-order valence-electron chi connectivity index (χ1n) is 3.52. The lowest BCUT2D eigenvalue weighted by molar-refractivity contribution is 0.578. The minimum absolute atomic E-state index is 0.561. The highest BCUT2D eigenvalue weighted by Crippen LogP contribution is 2.29. The summed E-state index contributed by atoms with van der Waals surface area (Å²) in [6.07, 6.45) is 0. The quantitative estimate of drug-likeness (QED) is 0.626. The van der Waals surface area contributed by atoms with Crippen molar-refractivity contribution in [3.05, 3.63) is 34.0 Å². The maximum atomic E-state index is 5.90. The summed E-state index contributed by atoms with van der Waals surface area (Å²) < 4.78 is 5.36. The van der Waals surface area contributed by atoms with E-state index < -0.39 is 0 Å². The molecule has 0 fully saturated rings. The molecule has 0 aliphatic heterocycles. The van der Waals surface area contributed by atoms with E-state index >= 15 is 0 Å². The Morgan fingerprint density at radius 1 is 1.17 bits per heavy atom. The maximum Gasteiger partial charge on any atom is 0.152 e. The second-order valence-corrected chi connectivity index (χ2v) is 3.51. The molecule has 1 aromatic carbocycles. The largest absolute Gasteiger partial charge is 0.460 e. The molecule has 62 valence electrons. The first-order chi connectivity index (χ1) is 5.66. The van der Waals surface area contributed by atoms with Crippen molar-refractivity contribution in [1.82, 2.24) is 0 Å². The first kappa shape index (κ1) is 7.96. The first-order valence-corrected chi connectivity index (χ1v) is 4.27. The molecule has 0 unspecified atom stereocenters. The molecule has 1 aromatic heterocycles. The van der Waals surface area contributed by atoms with Gasteiger partial charge >= 0.3 is 0 Å². The fourth-order valence-electron chi connectivity index (χ4n) is 1.20. The van der Waals surface area contributed by atoms with Gasteiger partial charge in [-0.05, 0) is 25.1 Å². The monoisotopic (exact) mass is 200 g/mol. The Hall–Kier alpha value is -0.660. The second-order valence-electron chi connectivity index (χ2n) is 2.66. The van der Waals surface area contributed by atoms with Gasteiger partial charge in [-0.25, -0.2) is 0 Å². The fraction of sp³-hybridized carbons (Fsp3) is 0.111. The van der Waals surface area contributed by atoms with Gasteiger partial charge in [0.1, 0.15) is 5.76 Å². The third-order valence-corrected chi connectivity index (χ3v) is 2.16. The molecule has 12 heavy (non-hydrogen) atoms. The summed E-state index contributed by atoms with van der Waals surface area (Å²) in [5, 5.41) is 2.14. The zero-order valence-electron chi connectivity index (χ0n) is 6.40. The Bertz CT molecular complexity index is 431. The van der Waals surface area contributed by atoms with E-state index in [0.717, 1.165) is 11.1 Å². The van der Waals surface area contributed by atoms with Crippen LogP contribution < -0.4 is 0 Å². The van der Waals surface area contributed by atoms with Gasteiger partial charge in [-0.1, -0.05) is 23.2 Å². The molecule has 0 aliphatic carbocycles. The van der Waals surface area contributed by atoms with Gasteiger partial charge in [0.05, 0.1) is 5.02 Å². The van der Waals surface area contributed by atoms with Crippen molar-refractivity contribution in [2.45, 2.75) is 6.92 Å². The molecular weight excluding hydrogens is 195 g/mol. The molecule has 2 rings (SSSR count). The van der Waals surface area contributed by atoms with Crippen LogP contribution in [0.15, 0.2) is 22.6 Å². The van der Waals surface area contributed by atoms with Gasteiger partial charge in [-0.2, -0.15) is 0 Å². The van der Waals surface area contributed by atoms with E-state index in [4.69, 9.17) is 27.6 Å². The number of hydrogen-bond acceptors (Lipinski definition) is 1. The smallest absolute Gasteiger partial charge is 0.152 e. The third kappa shape index (κ3) is 1.19. The van der Waals surface area contributed by atoms with Crippen LogP contribution in [0.3, 0.4) is 0 Å². The van der Waals surface area contributed by atoms with Crippen LogP contribution in [-0.2, 0) is 0 Å². The molecule has 0 atom stereocenters. The van der Waals surface area contributed by atoms with Crippen molar-refractivity contribution in [2.75, 3.05) is 0 Å². The minimum Gasteiger partial charge on any atom is -0.460 e. The molecule has 3 heteroatoms. The summed E-state index contributed by atoms with van der Waals surface area (Å²) in [6.45, 7) is 1.88. The van der Waals surface area contributed by atoms with Crippen LogP contribution >= 0.6 is 23.2 Å². The number of fused-ring (bicyclic) bond motifs is 1. The average molecular weight is 201 g/mol. The lowest BCUT2D eigenvalue weighted by Crippen LogP contribution is -1.67. The van der Waals surface area contributed by atoms with Crippen LogP contribution in [0.2, 0.25) is 10.0 Å². The Morgan fingerprint density at radius 2 is 1.92 bits per heavy atom. The van der Waals surface area contributed by atoms with Crippen LogP contribution in [0.5, 0.6) is 0 Å². The molecule has 0 radical (unpaired) electrons. The van der Waals surface area contributed by atoms with Crippen LogP contribution in [0, 0.1) is 6.92 Å². The highest BCUT2D eigenvalue weighted by atomic mass is 35.5. The van der Waals surface area contributed by atoms with Gasteiger partial charge in [-0.3, -0.25) is 0 Å². The zero-order chi connectivity index (χ0) is 8.72. The normalized spacial score (nSPS) is 10.9. The zero-order valence-corrected chi connectivity index (χ0v) is 7.91. The van der Waals surface area contributed by atoms with Crippen molar-refractivity contribution in [2.24, 2.45) is 0 Å². The van der Waals surface area contributed by atoms with E-state index in [0.29, 0.717) is 15.6 Å².